The van der Waals surface area contributed by atoms with E-state index < -0.39 is 0 Å². The van der Waals surface area contributed by atoms with Crippen LogP contribution in [0.1, 0.15) is 44.6 Å². The summed E-state index contributed by atoms with van der Waals surface area (Å²) in [6, 6.07) is 10.2. The number of ether oxygens (including phenoxy) is 1. The number of rotatable bonds is 9. The monoisotopic (exact) mass is 263 g/mol. The highest BCUT2D eigenvalue weighted by atomic mass is 16.5. The Balaban J connectivity index is 1.95. The Kier molecular flexibility index (Phi) is 8.52. The molecule has 0 saturated carbocycles. The van der Waals surface area contributed by atoms with Crippen LogP contribution >= 0.6 is 0 Å². The van der Waals surface area contributed by atoms with Crippen LogP contribution in [0.25, 0.3) is 0 Å². The average Bonchev–Trinajstić information content (AvgIpc) is 2.44. The fourth-order valence-corrected chi connectivity index (χ4v) is 1.88. The Morgan fingerprint density at radius 2 is 1.89 bits per heavy atom. The Labute approximate surface area is 116 Å². The number of unbranched alkanes of at least 4 members (excludes halogenated alkanes) is 3. The topological polar surface area (TPSA) is 38.3 Å². The molecular weight excluding hydrogens is 238 g/mol. The lowest BCUT2D eigenvalue weighted by Crippen LogP contribution is -2.25. The maximum absolute atomic E-state index is 11.4. The number of aryl methyl sites for hydroxylation is 1. The van der Waals surface area contributed by atoms with Crippen LogP contribution in [0.3, 0.4) is 0 Å². The molecule has 0 aliphatic carbocycles. The van der Waals surface area contributed by atoms with Gasteiger partial charge in [0.15, 0.2) is 0 Å². The van der Waals surface area contributed by atoms with E-state index in [2.05, 4.69) is 24.4 Å². The zero-order valence-electron chi connectivity index (χ0n) is 11.9. The van der Waals surface area contributed by atoms with Gasteiger partial charge in [0.05, 0.1) is 6.61 Å². The van der Waals surface area contributed by atoms with E-state index in [0.29, 0.717) is 6.61 Å². The van der Waals surface area contributed by atoms with Crippen molar-refractivity contribution >= 4 is 6.09 Å². The Bertz CT molecular complexity index is 338. The molecule has 0 unspecified atom stereocenters. The van der Waals surface area contributed by atoms with E-state index in [-0.39, 0.29) is 6.09 Å². The van der Waals surface area contributed by atoms with Crippen LogP contribution in [0, 0.1) is 0 Å². The van der Waals surface area contributed by atoms with Crippen LogP contribution in [-0.2, 0) is 11.2 Å². The molecule has 3 heteroatoms. The Hall–Kier alpha value is -1.51. The first-order valence-electron chi connectivity index (χ1n) is 7.27. The third kappa shape index (κ3) is 8.25. The van der Waals surface area contributed by atoms with E-state index in [4.69, 9.17) is 4.74 Å². The number of amides is 1. The highest BCUT2D eigenvalue weighted by Gasteiger charge is 2.00. The van der Waals surface area contributed by atoms with Gasteiger partial charge in [-0.05, 0) is 24.8 Å². The van der Waals surface area contributed by atoms with Gasteiger partial charge in [0.25, 0.3) is 0 Å². The quantitative estimate of drug-likeness (QED) is 0.686. The van der Waals surface area contributed by atoms with Gasteiger partial charge in [-0.1, -0.05) is 56.5 Å². The van der Waals surface area contributed by atoms with Crippen LogP contribution < -0.4 is 5.32 Å². The summed E-state index contributed by atoms with van der Waals surface area (Å²) >= 11 is 0. The Morgan fingerprint density at radius 1 is 1.11 bits per heavy atom. The highest BCUT2D eigenvalue weighted by molar-refractivity contribution is 5.66. The molecule has 3 nitrogen and oxygen atoms in total. The second kappa shape index (κ2) is 10.4. The second-order valence-corrected chi connectivity index (χ2v) is 4.71. The van der Waals surface area contributed by atoms with E-state index in [1.54, 1.807) is 0 Å². The van der Waals surface area contributed by atoms with E-state index in [1.165, 1.54) is 24.8 Å². The maximum atomic E-state index is 11.4. The Morgan fingerprint density at radius 3 is 2.63 bits per heavy atom. The second-order valence-electron chi connectivity index (χ2n) is 4.71. The summed E-state index contributed by atoms with van der Waals surface area (Å²) in [6.45, 7) is 3.38. The van der Waals surface area contributed by atoms with Gasteiger partial charge < -0.3 is 10.1 Å². The van der Waals surface area contributed by atoms with Crippen molar-refractivity contribution in [2.24, 2.45) is 0 Å². The minimum atomic E-state index is -0.287. The lowest BCUT2D eigenvalue weighted by Gasteiger charge is -2.06. The van der Waals surface area contributed by atoms with Gasteiger partial charge in [0.2, 0.25) is 0 Å². The molecule has 1 aromatic carbocycles. The van der Waals surface area contributed by atoms with Gasteiger partial charge in [-0.15, -0.1) is 0 Å². The first kappa shape index (κ1) is 15.5. The number of carbonyl (C=O) groups excluding carboxylic acids is 1. The lowest BCUT2D eigenvalue weighted by molar-refractivity contribution is 0.144. The smallest absolute Gasteiger partial charge is 0.407 e. The summed E-state index contributed by atoms with van der Waals surface area (Å²) in [6.07, 6.45) is 6.18. The molecule has 0 saturated heterocycles. The largest absolute Gasteiger partial charge is 0.450 e. The maximum Gasteiger partial charge on any atom is 0.407 e. The molecule has 1 rings (SSSR count). The molecule has 0 fully saturated rings. The van der Waals surface area contributed by atoms with E-state index >= 15 is 0 Å². The summed E-state index contributed by atoms with van der Waals surface area (Å²) in [5.74, 6) is 0. The van der Waals surface area contributed by atoms with Crippen LogP contribution in [0.4, 0.5) is 4.79 Å². The van der Waals surface area contributed by atoms with Crippen LogP contribution in [-0.4, -0.2) is 19.2 Å². The number of alkyl carbamates (subject to hydrolysis) is 1. The van der Waals surface area contributed by atoms with Crippen molar-refractivity contribution in [3.63, 3.8) is 0 Å². The third-order valence-corrected chi connectivity index (χ3v) is 2.99. The summed E-state index contributed by atoms with van der Waals surface area (Å²) in [5.41, 5.74) is 1.28. The molecule has 0 aliphatic heterocycles. The lowest BCUT2D eigenvalue weighted by atomic mass is 10.1. The van der Waals surface area contributed by atoms with Gasteiger partial charge in [0.1, 0.15) is 0 Å². The zero-order chi connectivity index (χ0) is 13.8. The summed E-state index contributed by atoms with van der Waals surface area (Å²) in [4.78, 5) is 11.4. The first-order chi connectivity index (χ1) is 9.33. The van der Waals surface area contributed by atoms with Gasteiger partial charge >= 0.3 is 6.09 Å². The standard InChI is InChI=1S/C16H25NO2/c1-2-3-4-8-13-17-16(18)19-14-9-12-15-10-6-5-7-11-15/h5-7,10-11H,2-4,8-9,12-14H2,1H3,(H,17,18). The zero-order valence-corrected chi connectivity index (χ0v) is 11.9. The van der Waals surface area contributed by atoms with Crippen LogP contribution in [0.15, 0.2) is 30.3 Å². The molecule has 106 valence electrons. The van der Waals surface area contributed by atoms with Crippen molar-refractivity contribution in [2.75, 3.05) is 13.2 Å². The van der Waals surface area contributed by atoms with Gasteiger partial charge in [-0.3, -0.25) is 0 Å². The van der Waals surface area contributed by atoms with E-state index in [9.17, 15) is 4.79 Å². The van der Waals surface area contributed by atoms with E-state index in [1.807, 2.05) is 18.2 Å². The molecule has 0 aliphatic rings. The molecule has 0 spiro atoms. The van der Waals surface area contributed by atoms with Gasteiger partial charge in [0, 0.05) is 6.54 Å². The molecule has 0 aromatic heterocycles. The molecule has 1 amide bonds. The molecule has 1 aromatic rings. The SMILES string of the molecule is CCCCCCNC(=O)OCCCc1ccccc1. The normalized spacial score (nSPS) is 10.2. The molecular formula is C16H25NO2. The fraction of sp³-hybridized carbons (Fsp3) is 0.562. The molecule has 0 heterocycles. The van der Waals surface area contributed by atoms with Crippen molar-refractivity contribution in [1.29, 1.82) is 0 Å². The molecule has 0 atom stereocenters. The van der Waals surface area contributed by atoms with Crippen molar-refractivity contribution in [1.82, 2.24) is 5.32 Å². The van der Waals surface area contributed by atoms with Crippen molar-refractivity contribution < 1.29 is 9.53 Å². The predicted molar refractivity (Wildman–Crippen MR) is 78.3 cm³/mol. The summed E-state index contributed by atoms with van der Waals surface area (Å²) in [7, 11) is 0. The van der Waals surface area contributed by atoms with Crippen molar-refractivity contribution in [3.05, 3.63) is 35.9 Å². The minimum absolute atomic E-state index is 0.287. The predicted octanol–water partition coefficient (Wildman–Crippen LogP) is 3.93. The van der Waals surface area contributed by atoms with Crippen molar-refractivity contribution in [2.45, 2.75) is 45.4 Å². The van der Waals surface area contributed by atoms with Crippen LogP contribution in [0.2, 0.25) is 0 Å². The van der Waals surface area contributed by atoms with Crippen LogP contribution in [0.5, 0.6) is 0 Å². The summed E-state index contributed by atoms with van der Waals surface area (Å²) < 4.78 is 5.12. The van der Waals surface area contributed by atoms with Gasteiger partial charge in [-0.2, -0.15) is 0 Å². The highest BCUT2D eigenvalue weighted by Crippen LogP contribution is 2.02. The molecule has 1 N–H and O–H groups in total. The number of carbonyl (C=O) groups is 1. The molecule has 0 radical (unpaired) electrons. The molecule has 19 heavy (non-hydrogen) atoms. The number of nitrogens with one attached hydrogen (secondary N) is 1. The minimum Gasteiger partial charge on any atom is -0.450 e. The number of hydrogen-bond acceptors (Lipinski definition) is 2. The fourth-order valence-electron chi connectivity index (χ4n) is 1.88. The number of benzene rings is 1. The van der Waals surface area contributed by atoms with Gasteiger partial charge in [-0.25, -0.2) is 4.79 Å². The summed E-state index contributed by atoms with van der Waals surface area (Å²) in [5, 5.41) is 2.78. The average molecular weight is 263 g/mol. The first-order valence-corrected chi connectivity index (χ1v) is 7.27. The van der Waals surface area contributed by atoms with Crippen molar-refractivity contribution in [3.8, 4) is 0 Å². The van der Waals surface area contributed by atoms with E-state index in [0.717, 1.165) is 25.8 Å². The third-order valence-electron chi connectivity index (χ3n) is 2.99. The number of hydrogen-bond donors (Lipinski definition) is 1. The molecule has 0 bridgehead atoms.